The summed E-state index contributed by atoms with van der Waals surface area (Å²) >= 11 is 0. The first-order valence-corrected chi connectivity index (χ1v) is 14.0. The van der Waals surface area contributed by atoms with Gasteiger partial charge in [0.05, 0.1) is 46.3 Å². The Balaban J connectivity index is 1.58. The summed E-state index contributed by atoms with van der Waals surface area (Å²) in [6.07, 6.45) is 1.98. The third-order valence-corrected chi connectivity index (χ3v) is 7.75. The molecule has 0 bridgehead atoms. The highest BCUT2D eigenvalue weighted by Gasteiger charge is 2.44. The van der Waals surface area contributed by atoms with Crippen molar-refractivity contribution in [1.82, 2.24) is 9.88 Å². The smallest absolute Gasteiger partial charge is 0.203 e. The molecule has 0 radical (unpaired) electrons. The second kappa shape index (κ2) is 12.3. The Morgan fingerprint density at radius 2 is 1.63 bits per heavy atom. The maximum atomic E-state index is 14.1. The number of rotatable bonds is 8. The van der Waals surface area contributed by atoms with Crippen LogP contribution in [-0.4, -0.2) is 69.8 Å². The minimum atomic E-state index is -0.598. The highest BCUT2D eigenvalue weighted by atomic mass is 16.5. The predicted octanol–water partition coefficient (Wildman–Crippen LogP) is 5.18. The van der Waals surface area contributed by atoms with Crippen LogP contribution in [0, 0.1) is 5.41 Å². The van der Waals surface area contributed by atoms with Gasteiger partial charge < -0.3 is 23.8 Å². The van der Waals surface area contributed by atoms with Crippen molar-refractivity contribution in [3.63, 3.8) is 0 Å². The molecular formula is C33H39N3O5. The summed E-state index contributed by atoms with van der Waals surface area (Å²) in [6.45, 7) is 8.17. The summed E-state index contributed by atoms with van der Waals surface area (Å²) < 4.78 is 22.3. The van der Waals surface area contributed by atoms with Gasteiger partial charge in [0.2, 0.25) is 5.75 Å². The molecule has 0 amide bonds. The molecule has 1 aromatic heterocycles. The molecule has 2 aromatic carbocycles. The average Bonchev–Trinajstić information content (AvgIpc) is 3.00. The van der Waals surface area contributed by atoms with E-state index in [4.69, 9.17) is 23.9 Å². The Bertz CT molecular complexity index is 1370. The lowest BCUT2D eigenvalue weighted by Gasteiger charge is -2.44. The molecule has 3 heterocycles. The molecule has 1 unspecified atom stereocenters. The lowest BCUT2D eigenvalue weighted by Crippen LogP contribution is -2.49. The standard InChI is InChI=1S/C33H39N3O5/c1-33(2)22-36(21-23-18-27(38-3)31(40-5)28(19-23)39-4)30(24-10-7-6-8-11-24)26(32(33)37)20-25-12-9-13-29(34-25)35-14-16-41-17-15-35/h6-13,18-20,30H,14-17,21-22H2,1-5H3. The van der Waals surface area contributed by atoms with Gasteiger partial charge in [-0.2, -0.15) is 0 Å². The van der Waals surface area contributed by atoms with Crippen molar-refractivity contribution in [2.24, 2.45) is 5.41 Å². The number of ketones is 1. The van der Waals surface area contributed by atoms with Gasteiger partial charge in [0.1, 0.15) is 5.82 Å². The monoisotopic (exact) mass is 557 g/mol. The van der Waals surface area contributed by atoms with Crippen molar-refractivity contribution in [3.05, 3.63) is 83.1 Å². The van der Waals surface area contributed by atoms with Gasteiger partial charge in [-0.1, -0.05) is 50.2 Å². The number of morpholine rings is 1. The van der Waals surface area contributed by atoms with Crippen LogP contribution in [0.5, 0.6) is 17.2 Å². The van der Waals surface area contributed by atoms with Crippen LogP contribution in [0.1, 0.15) is 36.7 Å². The Hall–Kier alpha value is -3.88. The highest BCUT2D eigenvalue weighted by Crippen LogP contribution is 2.44. The summed E-state index contributed by atoms with van der Waals surface area (Å²) in [6, 6.07) is 19.9. The number of carbonyl (C=O) groups is 1. The van der Waals surface area contributed by atoms with Crippen molar-refractivity contribution in [3.8, 4) is 17.2 Å². The summed E-state index contributed by atoms with van der Waals surface area (Å²) in [5.74, 6) is 2.79. The SMILES string of the molecule is COc1cc(CN2CC(C)(C)C(=O)C(=Cc3cccc(N4CCOCC4)n3)C2c2ccccc2)cc(OC)c1OC. The normalized spacial score (nSPS) is 20.2. The zero-order chi connectivity index (χ0) is 29.0. The van der Waals surface area contributed by atoms with Crippen molar-refractivity contribution in [2.45, 2.75) is 26.4 Å². The molecule has 0 N–H and O–H groups in total. The van der Waals surface area contributed by atoms with Gasteiger partial charge in [0.25, 0.3) is 0 Å². The topological polar surface area (TPSA) is 73.4 Å². The van der Waals surface area contributed by atoms with E-state index in [1.54, 1.807) is 21.3 Å². The number of carbonyl (C=O) groups excluding carboxylic acids is 1. The highest BCUT2D eigenvalue weighted by molar-refractivity contribution is 6.05. The third kappa shape index (κ3) is 6.09. The molecule has 8 nitrogen and oxygen atoms in total. The first-order valence-electron chi connectivity index (χ1n) is 14.0. The maximum absolute atomic E-state index is 14.1. The molecule has 2 aliphatic heterocycles. The molecule has 41 heavy (non-hydrogen) atoms. The van der Waals surface area contributed by atoms with E-state index in [0.29, 0.717) is 43.6 Å². The molecule has 2 aliphatic rings. The number of hydrogen-bond acceptors (Lipinski definition) is 8. The summed E-state index contributed by atoms with van der Waals surface area (Å²) in [7, 11) is 4.84. The van der Waals surface area contributed by atoms with Crippen LogP contribution in [-0.2, 0) is 16.1 Å². The maximum Gasteiger partial charge on any atom is 0.203 e. The number of ether oxygens (including phenoxy) is 4. The lowest BCUT2D eigenvalue weighted by molar-refractivity contribution is -0.128. The van der Waals surface area contributed by atoms with Crippen LogP contribution < -0.4 is 19.1 Å². The first-order chi connectivity index (χ1) is 19.8. The van der Waals surface area contributed by atoms with Gasteiger partial charge in [0, 0.05) is 37.2 Å². The van der Waals surface area contributed by atoms with Crippen LogP contribution in [0.15, 0.2) is 66.2 Å². The molecule has 216 valence electrons. The predicted molar refractivity (Wildman–Crippen MR) is 160 cm³/mol. The van der Waals surface area contributed by atoms with Gasteiger partial charge in [-0.05, 0) is 41.5 Å². The van der Waals surface area contributed by atoms with Gasteiger partial charge in [-0.3, -0.25) is 9.69 Å². The van der Waals surface area contributed by atoms with E-state index in [0.717, 1.165) is 41.3 Å². The fourth-order valence-electron chi connectivity index (χ4n) is 5.81. The van der Waals surface area contributed by atoms with E-state index < -0.39 is 5.41 Å². The van der Waals surface area contributed by atoms with Gasteiger partial charge in [-0.25, -0.2) is 4.98 Å². The zero-order valence-corrected chi connectivity index (χ0v) is 24.6. The number of hydrogen-bond donors (Lipinski definition) is 0. The van der Waals surface area contributed by atoms with Gasteiger partial charge in [-0.15, -0.1) is 0 Å². The number of anilines is 1. The van der Waals surface area contributed by atoms with Crippen molar-refractivity contribution >= 4 is 17.7 Å². The second-order valence-corrected chi connectivity index (χ2v) is 11.1. The number of pyridine rings is 1. The Kier molecular flexibility index (Phi) is 8.61. The lowest BCUT2D eigenvalue weighted by atomic mass is 9.74. The molecule has 0 aliphatic carbocycles. The van der Waals surface area contributed by atoms with E-state index in [2.05, 4.69) is 21.9 Å². The van der Waals surface area contributed by atoms with E-state index >= 15 is 0 Å². The average molecular weight is 558 g/mol. The van der Waals surface area contributed by atoms with Crippen LogP contribution in [0.3, 0.4) is 0 Å². The summed E-state index contributed by atoms with van der Waals surface area (Å²) in [5.41, 5.74) is 2.95. The van der Waals surface area contributed by atoms with Gasteiger partial charge >= 0.3 is 0 Å². The number of methoxy groups -OCH3 is 3. The molecule has 2 fully saturated rings. The molecule has 2 saturated heterocycles. The molecule has 5 rings (SSSR count). The van der Waals surface area contributed by atoms with Crippen LogP contribution in [0.4, 0.5) is 5.82 Å². The Labute approximate surface area is 242 Å². The largest absolute Gasteiger partial charge is 0.493 e. The van der Waals surface area contributed by atoms with E-state index in [-0.39, 0.29) is 11.8 Å². The van der Waals surface area contributed by atoms with Crippen molar-refractivity contribution < 1.29 is 23.7 Å². The quantitative estimate of drug-likeness (QED) is 0.351. The number of Topliss-reactive ketones (excluding diaryl/α,β-unsaturated/α-hetero) is 1. The van der Waals surface area contributed by atoms with Crippen LogP contribution >= 0.6 is 0 Å². The number of nitrogens with zero attached hydrogens (tertiary/aromatic N) is 3. The fourth-order valence-corrected chi connectivity index (χ4v) is 5.81. The molecular weight excluding hydrogens is 518 g/mol. The second-order valence-electron chi connectivity index (χ2n) is 11.1. The van der Waals surface area contributed by atoms with Crippen LogP contribution in [0.25, 0.3) is 6.08 Å². The minimum absolute atomic E-state index is 0.131. The number of aromatic nitrogens is 1. The van der Waals surface area contributed by atoms with E-state index in [1.807, 2.05) is 68.5 Å². The molecule has 1 atom stereocenters. The first kappa shape index (κ1) is 28.6. The number of benzene rings is 2. The van der Waals surface area contributed by atoms with Gasteiger partial charge in [0.15, 0.2) is 17.3 Å². The minimum Gasteiger partial charge on any atom is -0.493 e. The number of piperidine rings is 1. The molecule has 0 spiro atoms. The molecule has 0 saturated carbocycles. The Morgan fingerprint density at radius 3 is 2.27 bits per heavy atom. The zero-order valence-electron chi connectivity index (χ0n) is 24.6. The Morgan fingerprint density at radius 1 is 0.951 bits per heavy atom. The van der Waals surface area contributed by atoms with E-state index in [9.17, 15) is 4.79 Å². The summed E-state index contributed by atoms with van der Waals surface area (Å²) in [4.78, 5) is 23.6. The van der Waals surface area contributed by atoms with Crippen molar-refractivity contribution in [1.29, 1.82) is 0 Å². The summed E-state index contributed by atoms with van der Waals surface area (Å²) in [5, 5.41) is 0. The molecule has 8 heteroatoms. The van der Waals surface area contributed by atoms with Crippen LogP contribution in [0.2, 0.25) is 0 Å². The fraction of sp³-hybridized carbons (Fsp3) is 0.394. The molecule has 3 aromatic rings. The van der Waals surface area contributed by atoms with Crippen molar-refractivity contribution in [2.75, 3.05) is 59.1 Å². The third-order valence-electron chi connectivity index (χ3n) is 7.75. The van der Waals surface area contributed by atoms with E-state index in [1.165, 1.54) is 0 Å². The number of likely N-dealkylation sites (tertiary alicyclic amines) is 1.